The number of rotatable bonds is 1. The Balaban J connectivity index is 2.64. The first-order chi connectivity index (χ1) is 9.21. The minimum atomic E-state index is -4.53. The number of aryl methyl sites for hydroxylation is 1. The number of nitrogen functional groups attached to an aromatic ring is 1. The summed E-state index contributed by atoms with van der Waals surface area (Å²) in [5.74, 6) is -0.251. The lowest BCUT2D eigenvalue weighted by atomic mass is 10.0. The highest BCUT2D eigenvalue weighted by atomic mass is 35.5. The topological polar surface area (TPSA) is 59.1 Å². The summed E-state index contributed by atoms with van der Waals surface area (Å²) < 4.78 is 37.7. The van der Waals surface area contributed by atoms with Crippen LogP contribution in [0, 0.1) is 6.92 Å². The van der Waals surface area contributed by atoms with Gasteiger partial charge in [0.05, 0.1) is 22.0 Å². The minimum absolute atomic E-state index is 0.0574. The number of nitrogens with zero attached hydrogens (tertiary/aromatic N) is 1. The molecule has 7 heteroatoms. The molecule has 20 heavy (non-hydrogen) atoms. The van der Waals surface area contributed by atoms with Gasteiger partial charge >= 0.3 is 6.18 Å². The first-order valence-corrected chi connectivity index (χ1v) is 5.90. The molecule has 0 aliphatic carbocycles. The lowest BCUT2D eigenvalue weighted by Crippen LogP contribution is -2.06. The Kier molecular flexibility index (Phi) is 3.52. The summed E-state index contributed by atoms with van der Waals surface area (Å²) in [5.41, 5.74) is 5.61. The van der Waals surface area contributed by atoms with Gasteiger partial charge in [0.15, 0.2) is 0 Å². The van der Waals surface area contributed by atoms with Crippen molar-refractivity contribution in [3.8, 4) is 17.0 Å². The van der Waals surface area contributed by atoms with Crippen molar-refractivity contribution < 1.29 is 18.3 Å². The number of benzene rings is 1. The van der Waals surface area contributed by atoms with Gasteiger partial charge in [-0.3, -0.25) is 4.98 Å². The molecule has 0 radical (unpaired) electrons. The highest BCUT2D eigenvalue weighted by Crippen LogP contribution is 2.40. The SMILES string of the molecule is Cc1ccc(N)c(O)c1-c1ncc(C(F)(F)F)cc1Cl. The van der Waals surface area contributed by atoms with Gasteiger partial charge in [0, 0.05) is 11.8 Å². The maximum atomic E-state index is 12.6. The molecule has 1 aromatic carbocycles. The van der Waals surface area contributed by atoms with Crippen LogP contribution in [-0.2, 0) is 6.18 Å². The highest BCUT2D eigenvalue weighted by molar-refractivity contribution is 6.33. The Morgan fingerprint density at radius 3 is 2.50 bits per heavy atom. The van der Waals surface area contributed by atoms with E-state index in [4.69, 9.17) is 17.3 Å². The summed E-state index contributed by atoms with van der Waals surface area (Å²) in [6, 6.07) is 3.89. The number of hydrogen-bond acceptors (Lipinski definition) is 3. The molecule has 106 valence electrons. The van der Waals surface area contributed by atoms with Crippen LogP contribution >= 0.6 is 11.6 Å². The van der Waals surface area contributed by atoms with Gasteiger partial charge in [-0.2, -0.15) is 13.2 Å². The molecule has 0 fully saturated rings. The summed E-state index contributed by atoms with van der Waals surface area (Å²) in [4.78, 5) is 3.71. The van der Waals surface area contributed by atoms with Gasteiger partial charge in [0.25, 0.3) is 0 Å². The molecule has 0 saturated carbocycles. The van der Waals surface area contributed by atoms with E-state index in [1.54, 1.807) is 13.0 Å². The van der Waals surface area contributed by atoms with Crippen molar-refractivity contribution in [3.05, 3.63) is 40.5 Å². The second kappa shape index (κ2) is 4.86. The second-order valence-corrected chi connectivity index (χ2v) is 4.65. The van der Waals surface area contributed by atoms with Gasteiger partial charge in [0.2, 0.25) is 0 Å². The molecule has 0 amide bonds. The summed E-state index contributed by atoms with van der Waals surface area (Å²) in [6.45, 7) is 1.67. The molecule has 2 rings (SSSR count). The molecule has 1 heterocycles. The fraction of sp³-hybridized carbons (Fsp3) is 0.154. The van der Waals surface area contributed by atoms with Crippen LogP contribution in [0.2, 0.25) is 5.02 Å². The Labute approximate surface area is 117 Å². The summed E-state index contributed by atoms with van der Waals surface area (Å²) in [6.07, 6.45) is -3.86. The number of phenolic OH excluding ortho intramolecular Hbond substituents is 1. The largest absolute Gasteiger partial charge is 0.505 e. The van der Waals surface area contributed by atoms with Crippen LogP contribution in [0.5, 0.6) is 5.75 Å². The molecule has 2 aromatic rings. The average molecular weight is 303 g/mol. The molecule has 0 aliphatic heterocycles. The fourth-order valence-electron chi connectivity index (χ4n) is 1.78. The van der Waals surface area contributed by atoms with Gasteiger partial charge in [-0.25, -0.2) is 0 Å². The number of phenols is 1. The van der Waals surface area contributed by atoms with Crippen LogP contribution in [0.4, 0.5) is 18.9 Å². The molecule has 0 bridgehead atoms. The van der Waals surface area contributed by atoms with E-state index in [0.717, 1.165) is 6.07 Å². The predicted octanol–water partition coefficient (Wildman–Crippen LogP) is 4.02. The lowest BCUT2D eigenvalue weighted by molar-refractivity contribution is -0.137. The Bertz CT molecular complexity index is 671. The van der Waals surface area contributed by atoms with Gasteiger partial charge in [-0.05, 0) is 24.6 Å². The monoisotopic (exact) mass is 302 g/mol. The highest BCUT2D eigenvalue weighted by Gasteiger charge is 2.32. The van der Waals surface area contributed by atoms with Gasteiger partial charge in [0.1, 0.15) is 5.75 Å². The number of nitrogens with two attached hydrogens (primary N) is 1. The standard InChI is InChI=1S/C13H10ClF3N2O/c1-6-2-3-9(18)12(20)10(6)11-8(14)4-7(5-19-11)13(15,16)17/h2-5,20H,18H2,1H3. The molecule has 1 aromatic heterocycles. The van der Waals surface area contributed by atoms with Crippen LogP contribution in [0.3, 0.4) is 0 Å². The Hall–Kier alpha value is -1.95. The molecule has 0 atom stereocenters. The van der Waals surface area contributed by atoms with Crippen LogP contribution in [0.25, 0.3) is 11.3 Å². The molecule has 3 nitrogen and oxygen atoms in total. The molecular formula is C13H10ClF3N2O. The van der Waals surface area contributed by atoms with Crippen LogP contribution in [0.1, 0.15) is 11.1 Å². The summed E-state index contributed by atoms with van der Waals surface area (Å²) in [5, 5.41) is 9.73. The van der Waals surface area contributed by atoms with Crippen LogP contribution in [-0.4, -0.2) is 10.1 Å². The third kappa shape index (κ3) is 2.51. The first-order valence-electron chi connectivity index (χ1n) is 5.53. The van der Waals surface area contributed by atoms with Crippen molar-refractivity contribution in [3.63, 3.8) is 0 Å². The normalized spacial score (nSPS) is 11.7. The molecular weight excluding hydrogens is 293 g/mol. The zero-order valence-corrected chi connectivity index (χ0v) is 11.0. The van der Waals surface area contributed by atoms with E-state index in [2.05, 4.69) is 4.98 Å². The average Bonchev–Trinajstić information content (AvgIpc) is 2.35. The smallest absolute Gasteiger partial charge is 0.417 e. The molecule has 3 N–H and O–H groups in total. The van der Waals surface area contributed by atoms with Crippen molar-refractivity contribution in [2.24, 2.45) is 0 Å². The fourth-order valence-corrected chi connectivity index (χ4v) is 2.04. The number of pyridine rings is 1. The first kappa shape index (κ1) is 14.5. The zero-order valence-electron chi connectivity index (χ0n) is 10.3. The quantitative estimate of drug-likeness (QED) is 0.618. The number of alkyl halides is 3. The number of aromatic nitrogens is 1. The van der Waals surface area contributed by atoms with E-state index >= 15 is 0 Å². The van der Waals surface area contributed by atoms with Crippen molar-refractivity contribution in [1.82, 2.24) is 4.98 Å². The van der Waals surface area contributed by atoms with E-state index in [1.807, 2.05) is 0 Å². The molecule has 0 unspecified atom stereocenters. The second-order valence-electron chi connectivity index (χ2n) is 4.25. The molecule has 0 aliphatic rings. The van der Waals surface area contributed by atoms with E-state index in [-0.39, 0.29) is 27.7 Å². The number of aromatic hydroxyl groups is 1. The van der Waals surface area contributed by atoms with Crippen molar-refractivity contribution in [2.45, 2.75) is 13.1 Å². The zero-order chi connectivity index (χ0) is 15.1. The van der Waals surface area contributed by atoms with Crippen LogP contribution < -0.4 is 5.73 Å². The predicted molar refractivity (Wildman–Crippen MR) is 70.5 cm³/mol. The van der Waals surface area contributed by atoms with Gasteiger partial charge in [-0.1, -0.05) is 17.7 Å². The van der Waals surface area contributed by atoms with E-state index in [1.165, 1.54) is 6.07 Å². The Morgan fingerprint density at radius 2 is 1.95 bits per heavy atom. The maximum Gasteiger partial charge on any atom is 0.417 e. The van der Waals surface area contributed by atoms with Crippen molar-refractivity contribution >= 4 is 17.3 Å². The summed E-state index contributed by atoms with van der Waals surface area (Å²) >= 11 is 5.85. The van der Waals surface area contributed by atoms with E-state index < -0.39 is 11.7 Å². The van der Waals surface area contributed by atoms with E-state index in [0.29, 0.717) is 11.8 Å². The van der Waals surface area contributed by atoms with Crippen molar-refractivity contribution in [1.29, 1.82) is 0 Å². The lowest BCUT2D eigenvalue weighted by Gasteiger charge is -2.13. The number of anilines is 1. The minimum Gasteiger partial charge on any atom is -0.505 e. The third-order valence-electron chi connectivity index (χ3n) is 2.82. The maximum absolute atomic E-state index is 12.6. The molecule has 0 spiro atoms. The van der Waals surface area contributed by atoms with Gasteiger partial charge in [-0.15, -0.1) is 0 Å². The van der Waals surface area contributed by atoms with E-state index in [9.17, 15) is 18.3 Å². The molecule has 0 saturated heterocycles. The number of hydrogen-bond donors (Lipinski definition) is 2. The Morgan fingerprint density at radius 1 is 1.30 bits per heavy atom. The van der Waals surface area contributed by atoms with Crippen LogP contribution in [0.15, 0.2) is 24.4 Å². The number of halogens is 4. The van der Waals surface area contributed by atoms with Crippen molar-refractivity contribution in [2.75, 3.05) is 5.73 Å². The van der Waals surface area contributed by atoms with Gasteiger partial charge < -0.3 is 10.8 Å². The third-order valence-corrected chi connectivity index (χ3v) is 3.11. The summed E-state index contributed by atoms with van der Waals surface area (Å²) in [7, 11) is 0.